The van der Waals surface area contributed by atoms with Crippen molar-refractivity contribution in [3.05, 3.63) is 0 Å². The van der Waals surface area contributed by atoms with Gasteiger partial charge in [0.25, 0.3) is 0 Å². The molecule has 1 saturated carbocycles. The third-order valence-corrected chi connectivity index (χ3v) is 2.39. The Bertz CT molecular complexity index is 175. The number of hydrogen-bond acceptors (Lipinski definition) is 2. The molecule has 0 bridgehead atoms. The van der Waals surface area contributed by atoms with Crippen molar-refractivity contribution in [1.29, 1.82) is 0 Å². The smallest absolute Gasteiger partial charge is 0.317 e. The van der Waals surface area contributed by atoms with Gasteiger partial charge in [0.1, 0.15) is 0 Å². The molecule has 4 nitrogen and oxygen atoms in total. The minimum Gasteiger partial charge on any atom is -0.395 e. The van der Waals surface area contributed by atoms with Gasteiger partial charge >= 0.3 is 6.03 Å². The molecule has 82 valence electrons. The second-order valence-corrected chi connectivity index (χ2v) is 3.84. The van der Waals surface area contributed by atoms with Gasteiger partial charge in [0.2, 0.25) is 0 Å². The molecule has 0 aromatic rings. The Kier molecular flexibility index (Phi) is 4.73. The molecule has 0 radical (unpaired) electrons. The lowest BCUT2D eigenvalue weighted by Crippen LogP contribution is -2.42. The van der Waals surface area contributed by atoms with Gasteiger partial charge in [0.05, 0.1) is 6.61 Å². The number of carbonyl (C=O) groups excluding carboxylic acids is 1. The van der Waals surface area contributed by atoms with E-state index >= 15 is 0 Å². The molecule has 0 saturated heterocycles. The number of aliphatic hydroxyl groups is 1. The summed E-state index contributed by atoms with van der Waals surface area (Å²) >= 11 is 0. The zero-order chi connectivity index (χ0) is 10.4. The number of aliphatic hydroxyl groups excluding tert-OH is 1. The van der Waals surface area contributed by atoms with Crippen molar-refractivity contribution >= 4 is 6.03 Å². The topological polar surface area (TPSA) is 52.6 Å². The largest absolute Gasteiger partial charge is 0.395 e. The normalized spacial score (nSPS) is 15.3. The summed E-state index contributed by atoms with van der Waals surface area (Å²) in [4.78, 5) is 13.2. The maximum Gasteiger partial charge on any atom is 0.317 e. The maximum absolute atomic E-state index is 11.6. The number of carbonyl (C=O) groups is 1. The number of urea groups is 1. The molecule has 2 amide bonds. The molecule has 2 N–H and O–H groups in total. The third-order valence-electron chi connectivity index (χ3n) is 2.39. The van der Waals surface area contributed by atoms with Crippen LogP contribution in [0, 0.1) is 5.92 Å². The van der Waals surface area contributed by atoms with Gasteiger partial charge in [0.15, 0.2) is 0 Å². The fourth-order valence-electron chi connectivity index (χ4n) is 1.37. The SMILES string of the molecule is CCCN(CCO)C(=O)NCC1CC1. The van der Waals surface area contributed by atoms with Gasteiger partial charge in [-0.25, -0.2) is 4.79 Å². The van der Waals surface area contributed by atoms with Crippen molar-refractivity contribution in [2.75, 3.05) is 26.2 Å². The standard InChI is InChI=1S/C10H20N2O2/c1-2-5-12(6-7-13)10(14)11-8-9-3-4-9/h9,13H,2-8H2,1H3,(H,11,14). The predicted molar refractivity (Wildman–Crippen MR) is 55.1 cm³/mol. The highest BCUT2D eigenvalue weighted by Gasteiger charge is 2.22. The lowest BCUT2D eigenvalue weighted by atomic mass is 10.4. The van der Waals surface area contributed by atoms with E-state index in [1.165, 1.54) is 12.8 Å². The summed E-state index contributed by atoms with van der Waals surface area (Å²) < 4.78 is 0. The lowest BCUT2D eigenvalue weighted by Gasteiger charge is -2.21. The van der Waals surface area contributed by atoms with Gasteiger partial charge in [-0.05, 0) is 25.2 Å². The fourth-order valence-corrected chi connectivity index (χ4v) is 1.37. The van der Waals surface area contributed by atoms with E-state index in [0.29, 0.717) is 12.5 Å². The number of hydrogen-bond donors (Lipinski definition) is 2. The molecule has 0 aromatic heterocycles. The Morgan fingerprint density at radius 1 is 1.50 bits per heavy atom. The Balaban J connectivity index is 2.20. The summed E-state index contributed by atoms with van der Waals surface area (Å²) in [6.07, 6.45) is 3.42. The van der Waals surface area contributed by atoms with Crippen LogP contribution in [0.25, 0.3) is 0 Å². The first-order valence-electron chi connectivity index (χ1n) is 5.41. The summed E-state index contributed by atoms with van der Waals surface area (Å²) in [6, 6.07) is -0.0344. The molecular formula is C10H20N2O2. The second-order valence-electron chi connectivity index (χ2n) is 3.84. The molecule has 1 aliphatic carbocycles. The van der Waals surface area contributed by atoms with Crippen LogP contribution in [0.4, 0.5) is 4.79 Å². The Morgan fingerprint density at radius 3 is 2.71 bits per heavy atom. The first-order chi connectivity index (χ1) is 6.77. The highest BCUT2D eigenvalue weighted by molar-refractivity contribution is 5.74. The van der Waals surface area contributed by atoms with Gasteiger partial charge in [-0.2, -0.15) is 0 Å². The van der Waals surface area contributed by atoms with Crippen molar-refractivity contribution in [3.8, 4) is 0 Å². The van der Waals surface area contributed by atoms with Crippen molar-refractivity contribution in [2.24, 2.45) is 5.92 Å². The number of nitrogens with one attached hydrogen (secondary N) is 1. The number of nitrogens with zero attached hydrogens (tertiary/aromatic N) is 1. The first-order valence-corrected chi connectivity index (χ1v) is 5.41. The minimum absolute atomic E-state index is 0.0344. The molecule has 0 spiro atoms. The van der Waals surface area contributed by atoms with E-state index in [1.807, 2.05) is 6.92 Å². The van der Waals surface area contributed by atoms with E-state index in [2.05, 4.69) is 5.32 Å². The zero-order valence-corrected chi connectivity index (χ0v) is 8.83. The molecule has 0 unspecified atom stereocenters. The van der Waals surface area contributed by atoms with Gasteiger partial charge in [-0.3, -0.25) is 0 Å². The monoisotopic (exact) mass is 200 g/mol. The molecule has 0 aliphatic heterocycles. The maximum atomic E-state index is 11.6. The van der Waals surface area contributed by atoms with E-state index in [9.17, 15) is 4.79 Å². The van der Waals surface area contributed by atoms with Crippen LogP contribution >= 0.6 is 0 Å². The summed E-state index contributed by atoms with van der Waals surface area (Å²) in [7, 11) is 0. The fraction of sp³-hybridized carbons (Fsp3) is 0.900. The first kappa shape index (κ1) is 11.3. The molecule has 0 atom stereocenters. The molecule has 1 rings (SSSR count). The van der Waals surface area contributed by atoms with E-state index in [1.54, 1.807) is 4.90 Å². The van der Waals surface area contributed by atoms with Gasteiger partial charge in [-0.15, -0.1) is 0 Å². The second kappa shape index (κ2) is 5.86. The molecule has 1 fully saturated rings. The van der Waals surface area contributed by atoms with Crippen molar-refractivity contribution in [2.45, 2.75) is 26.2 Å². The molecule has 14 heavy (non-hydrogen) atoms. The lowest BCUT2D eigenvalue weighted by molar-refractivity contribution is 0.177. The summed E-state index contributed by atoms with van der Waals surface area (Å²) in [5, 5.41) is 11.7. The minimum atomic E-state index is -0.0344. The van der Waals surface area contributed by atoms with Crippen molar-refractivity contribution in [3.63, 3.8) is 0 Å². The van der Waals surface area contributed by atoms with Crippen LogP contribution in [0.3, 0.4) is 0 Å². The van der Waals surface area contributed by atoms with E-state index in [4.69, 9.17) is 5.11 Å². The van der Waals surface area contributed by atoms with E-state index in [0.717, 1.165) is 19.5 Å². The highest BCUT2D eigenvalue weighted by atomic mass is 16.3. The molecule has 0 aromatic carbocycles. The Hall–Kier alpha value is -0.770. The van der Waals surface area contributed by atoms with Crippen LogP contribution in [0.15, 0.2) is 0 Å². The van der Waals surface area contributed by atoms with Gasteiger partial charge in [0, 0.05) is 19.6 Å². The predicted octanol–water partition coefficient (Wildman–Crippen LogP) is 0.810. The Morgan fingerprint density at radius 2 is 2.21 bits per heavy atom. The van der Waals surface area contributed by atoms with Crippen molar-refractivity contribution < 1.29 is 9.90 Å². The summed E-state index contributed by atoms with van der Waals surface area (Å²) in [5.41, 5.74) is 0. The zero-order valence-electron chi connectivity index (χ0n) is 8.83. The third kappa shape index (κ3) is 3.96. The van der Waals surface area contributed by atoms with Crippen LogP contribution in [-0.4, -0.2) is 42.3 Å². The van der Waals surface area contributed by atoms with Gasteiger partial charge < -0.3 is 15.3 Å². The average Bonchev–Trinajstić information content (AvgIpc) is 2.97. The average molecular weight is 200 g/mol. The van der Waals surface area contributed by atoms with Crippen LogP contribution in [0.1, 0.15) is 26.2 Å². The summed E-state index contributed by atoms with van der Waals surface area (Å²) in [6.45, 7) is 4.02. The molecular weight excluding hydrogens is 180 g/mol. The van der Waals surface area contributed by atoms with Crippen LogP contribution in [0.5, 0.6) is 0 Å². The quantitative estimate of drug-likeness (QED) is 0.666. The number of rotatable bonds is 6. The molecule has 0 heterocycles. The van der Waals surface area contributed by atoms with E-state index < -0.39 is 0 Å². The Labute approximate surface area is 85.3 Å². The van der Waals surface area contributed by atoms with Gasteiger partial charge in [-0.1, -0.05) is 6.92 Å². The number of amides is 2. The van der Waals surface area contributed by atoms with Crippen LogP contribution in [-0.2, 0) is 0 Å². The van der Waals surface area contributed by atoms with E-state index in [-0.39, 0.29) is 12.6 Å². The highest BCUT2D eigenvalue weighted by Crippen LogP contribution is 2.27. The van der Waals surface area contributed by atoms with Crippen LogP contribution in [0.2, 0.25) is 0 Å². The molecule has 4 heteroatoms. The van der Waals surface area contributed by atoms with Crippen LogP contribution < -0.4 is 5.32 Å². The molecule has 1 aliphatic rings. The summed E-state index contributed by atoms with van der Waals surface area (Å²) in [5.74, 6) is 0.705. The van der Waals surface area contributed by atoms with Crippen molar-refractivity contribution in [1.82, 2.24) is 10.2 Å².